The normalized spacial score (nSPS) is 14.9. The van der Waals surface area contributed by atoms with E-state index < -0.39 is 5.60 Å². The molecule has 0 spiro atoms. The van der Waals surface area contributed by atoms with Gasteiger partial charge in [0.1, 0.15) is 5.75 Å². The van der Waals surface area contributed by atoms with Gasteiger partial charge in [0.15, 0.2) is 0 Å². The van der Waals surface area contributed by atoms with Crippen LogP contribution in [0.15, 0.2) is 24.3 Å². The summed E-state index contributed by atoms with van der Waals surface area (Å²) in [5.74, 6) is 1.29. The minimum absolute atomic E-state index is 0.464. The van der Waals surface area contributed by atoms with Crippen LogP contribution >= 0.6 is 0 Å². The van der Waals surface area contributed by atoms with Gasteiger partial charge in [0.25, 0.3) is 0 Å². The van der Waals surface area contributed by atoms with Gasteiger partial charge in [-0.05, 0) is 43.9 Å². The number of ether oxygens (including phenoxy) is 1. The summed E-state index contributed by atoms with van der Waals surface area (Å²) < 4.78 is 5.44. The smallest absolute Gasteiger partial charge is 0.119 e. The molecule has 1 N–H and O–H groups in total. The molecule has 1 aromatic carbocycles. The van der Waals surface area contributed by atoms with E-state index in [0.717, 1.165) is 17.7 Å². The van der Waals surface area contributed by atoms with Crippen molar-refractivity contribution in [3.63, 3.8) is 0 Å². The molecule has 0 fully saturated rings. The molecule has 16 heavy (non-hydrogen) atoms. The van der Waals surface area contributed by atoms with E-state index in [0.29, 0.717) is 12.5 Å². The maximum Gasteiger partial charge on any atom is 0.119 e. The molecular formula is C14H22O2. The molecule has 0 aliphatic heterocycles. The summed E-state index contributed by atoms with van der Waals surface area (Å²) in [5, 5.41) is 10.4. The highest BCUT2D eigenvalue weighted by atomic mass is 16.5. The Kier molecular flexibility index (Phi) is 4.36. The van der Waals surface area contributed by atoms with Gasteiger partial charge in [-0.25, -0.2) is 0 Å². The maximum atomic E-state index is 10.4. The van der Waals surface area contributed by atoms with Gasteiger partial charge in [-0.15, -0.1) is 0 Å². The minimum Gasteiger partial charge on any atom is -0.494 e. The molecule has 1 rings (SSSR count). The first-order chi connectivity index (χ1) is 7.45. The number of benzene rings is 1. The van der Waals surface area contributed by atoms with Gasteiger partial charge >= 0.3 is 0 Å². The third-order valence-electron chi connectivity index (χ3n) is 2.57. The Morgan fingerprint density at radius 3 is 2.62 bits per heavy atom. The molecule has 0 bridgehead atoms. The predicted molar refractivity (Wildman–Crippen MR) is 66.6 cm³/mol. The SMILES string of the molecule is CCOc1cccc(C(C)(O)CC(C)C)c1. The van der Waals surface area contributed by atoms with Crippen LogP contribution in [0.3, 0.4) is 0 Å². The van der Waals surface area contributed by atoms with Crippen molar-refractivity contribution in [3.8, 4) is 5.75 Å². The van der Waals surface area contributed by atoms with E-state index in [1.165, 1.54) is 0 Å². The molecule has 1 aromatic rings. The molecule has 90 valence electrons. The van der Waals surface area contributed by atoms with Gasteiger partial charge in [0.2, 0.25) is 0 Å². The van der Waals surface area contributed by atoms with Gasteiger partial charge in [-0.3, -0.25) is 0 Å². The molecule has 2 heteroatoms. The Morgan fingerprint density at radius 2 is 2.06 bits per heavy atom. The number of aliphatic hydroxyl groups is 1. The lowest BCUT2D eigenvalue weighted by Gasteiger charge is -2.26. The third-order valence-corrected chi connectivity index (χ3v) is 2.57. The topological polar surface area (TPSA) is 29.5 Å². The summed E-state index contributed by atoms with van der Waals surface area (Å²) in [6, 6.07) is 7.71. The Hall–Kier alpha value is -1.02. The minimum atomic E-state index is -0.777. The lowest BCUT2D eigenvalue weighted by atomic mass is 9.87. The fraction of sp³-hybridized carbons (Fsp3) is 0.571. The lowest BCUT2D eigenvalue weighted by Crippen LogP contribution is -2.23. The summed E-state index contributed by atoms with van der Waals surface area (Å²) in [6.07, 6.45) is 0.753. The van der Waals surface area contributed by atoms with Crippen LogP contribution < -0.4 is 4.74 Å². The molecule has 2 nitrogen and oxygen atoms in total. The van der Waals surface area contributed by atoms with Crippen molar-refractivity contribution in [1.82, 2.24) is 0 Å². The van der Waals surface area contributed by atoms with Crippen molar-refractivity contribution >= 4 is 0 Å². The van der Waals surface area contributed by atoms with Gasteiger partial charge < -0.3 is 9.84 Å². The van der Waals surface area contributed by atoms with Crippen molar-refractivity contribution in [2.75, 3.05) is 6.61 Å². The van der Waals surface area contributed by atoms with Gasteiger partial charge in [0.05, 0.1) is 12.2 Å². The van der Waals surface area contributed by atoms with Crippen LogP contribution in [-0.4, -0.2) is 11.7 Å². The van der Waals surface area contributed by atoms with Gasteiger partial charge in [-0.1, -0.05) is 26.0 Å². The summed E-state index contributed by atoms with van der Waals surface area (Å²) in [7, 11) is 0. The van der Waals surface area contributed by atoms with E-state index in [4.69, 9.17) is 4.74 Å². The fourth-order valence-electron chi connectivity index (χ4n) is 2.00. The molecule has 0 aliphatic carbocycles. The zero-order valence-electron chi connectivity index (χ0n) is 10.7. The molecular weight excluding hydrogens is 200 g/mol. The first-order valence-corrected chi connectivity index (χ1v) is 5.91. The molecule has 1 atom stereocenters. The van der Waals surface area contributed by atoms with Crippen LogP contribution in [0.2, 0.25) is 0 Å². The molecule has 0 aromatic heterocycles. The Labute approximate surface area is 98.3 Å². The number of hydrogen-bond acceptors (Lipinski definition) is 2. The largest absolute Gasteiger partial charge is 0.494 e. The second-order valence-corrected chi connectivity index (χ2v) is 4.83. The molecule has 0 amide bonds. The predicted octanol–water partition coefficient (Wildman–Crippen LogP) is 3.34. The van der Waals surface area contributed by atoms with E-state index in [9.17, 15) is 5.11 Å². The highest BCUT2D eigenvalue weighted by Gasteiger charge is 2.24. The van der Waals surface area contributed by atoms with Crippen LogP contribution in [-0.2, 0) is 5.60 Å². The highest BCUT2D eigenvalue weighted by molar-refractivity contribution is 5.32. The van der Waals surface area contributed by atoms with Gasteiger partial charge in [0, 0.05) is 0 Å². The van der Waals surface area contributed by atoms with Crippen LogP contribution in [0.5, 0.6) is 5.75 Å². The Morgan fingerprint density at radius 1 is 1.38 bits per heavy atom. The first kappa shape index (κ1) is 13.0. The Balaban J connectivity index is 2.89. The van der Waals surface area contributed by atoms with E-state index in [1.807, 2.05) is 38.1 Å². The maximum absolute atomic E-state index is 10.4. The van der Waals surface area contributed by atoms with Crippen molar-refractivity contribution in [1.29, 1.82) is 0 Å². The third kappa shape index (κ3) is 3.53. The highest BCUT2D eigenvalue weighted by Crippen LogP contribution is 2.30. The van der Waals surface area contributed by atoms with Crippen molar-refractivity contribution in [3.05, 3.63) is 29.8 Å². The first-order valence-electron chi connectivity index (χ1n) is 5.91. The summed E-state index contributed by atoms with van der Waals surface area (Å²) in [5.41, 5.74) is 0.147. The molecule has 0 heterocycles. The van der Waals surface area contributed by atoms with Crippen LogP contribution in [0.4, 0.5) is 0 Å². The standard InChI is InChI=1S/C14H22O2/c1-5-16-13-8-6-7-12(9-13)14(4,15)10-11(2)3/h6-9,11,15H,5,10H2,1-4H3. The zero-order valence-corrected chi connectivity index (χ0v) is 10.7. The van der Waals surface area contributed by atoms with E-state index >= 15 is 0 Å². The van der Waals surface area contributed by atoms with E-state index in [-0.39, 0.29) is 0 Å². The van der Waals surface area contributed by atoms with Crippen molar-refractivity contribution in [2.45, 2.75) is 39.7 Å². The van der Waals surface area contributed by atoms with Crippen LogP contribution in [0.1, 0.15) is 39.7 Å². The molecule has 0 radical (unpaired) electrons. The van der Waals surface area contributed by atoms with Crippen molar-refractivity contribution < 1.29 is 9.84 Å². The quantitative estimate of drug-likeness (QED) is 0.828. The summed E-state index contributed by atoms with van der Waals surface area (Å²) in [4.78, 5) is 0. The summed E-state index contributed by atoms with van der Waals surface area (Å²) in [6.45, 7) is 8.69. The molecule has 0 saturated carbocycles. The van der Waals surface area contributed by atoms with Crippen molar-refractivity contribution in [2.24, 2.45) is 5.92 Å². The van der Waals surface area contributed by atoms with Crippen LogP contribution in [0, 0.1) is 5.92 Å². The second kappa shape index (κ2) is 5.35. The summed E-state index contributed by atoms with van der Waals surface area (Å²) >= 11 is 0. The lowest BCUT2D eigenvalue weighted by molar-refractivity contribution is 0.0346. The average molecular weight is 222 g/mol. The molecule has 1 unspecified atom stereocenters. The second-order valence-electron chi connectivity index (χ2n) is 4.83. The number of hydrogen-bond donors (Lipinski definition) is 1. The zero-order chi connectivity index (χ0) is 12.2. The number of rotatable bonds is 5. The fourth-order valence-corrected chi connectivity index (χ4v) is 2.00. The van der Waals surface area contributed by atoms with E-state index in [2.05, 4.69) is 13.8 Å². The van der Waals surface area contributed by atoms with Gasteiger partial charge in [-0.2, -0.15) is 0 Å². The van der Waals surface area contributed by atoms with E-state index in [1.54, 1.807) is 0 Å². The van der Waals surface area contributed by atoms with Crippen LogP contribution in [0.25, 0.3) is 0 Å². The average Bonchev–Trinajstić information content (AvgIpc) is 2.16. The molecule has 0 saturated heterocycles. The Bertz CT molecular complexity index is 329. The molecule has 0 aliphatic rings. The monoisotopic (exact) mass is 222 g/mol.